The summed E-state index contributed by atoms with van der Waals surface area (Å²) in [5, 5.41) is 8.43. The highest BCUT2D eigenvalue weighted by molar-refractivity contribution is 5.83. The number of carbonyl (C=O) groups excluding carboxylic acids is 1. The molecule has 2 aliphatic rings. The van der Waals surface area contributed by atoms with Gasteiger partial charge in [-0.25, -0.2) is 0 Å². The molecule has 1 fully saturated rings. The standard InChI is InChI=1S/C23H24N4O4/c1-16-6-8-17(9-7-16)22-25-24-21(31-22)15-27-14-20(23(28)26-10-12-29-13-11-26)30-19-5-3-2-4-18(19)27/h2-9,20H,10-15H2,1H3. The number of benzene rings is 2. The van der Waals surface area contributed by atoms with E-state index in [1.54, 1.807) is 0 Å². The second kappa shape index (κ2) is 8.39. The fourth-order valence-corrected chi connectivity index (χ4v) is 3.87. The monoisotopic (exact) mass is 420 g/mol. The highest BCUT2D eigenvalue weighted by Crippen LogP contribution is 2.34. The number of hydrogen-bond donors (Lipinski definition) is 0. The van der Waals surface area contributed by atoms with Crippen LogP contribution in [0.3, 0.4) is 0 Å². The van der Waals surface area contributed by atoms with Gasteiger partial charge in [0.1, 0.15) is 5.75 Å². The van der Waals surface area contributed by atoms with Crippen LogP contribution in [0.2, 0.25) is 0 Å². The van der Waals surface area contributed by atoms with Crippen molar-refractivity contribution >= 4 is 11.6 Å². The van der Waals surface area contributed by atoms with E-state index in [1.165, 1.54) is 5.56 Å². The third-order valence-electron chi connectivity index (χ3n) is 5.55. The molecule has 0 spiro atoms. The number of nitrogens with zero attached hydrogens (tertiary/aromatic N) is 4. The van der Waals surface area contributed by atoms with E-state index in [1.807, 2.05) is 60.4 Å². The van der Waals surface area contributed by atoms with Crippen LogP contribution >= 0.6 is 0 Å². The van der Waals surface area contributed by atoms with Crippen LogP contribution in [0.4, 0.5) is 5.69 Å². The van der Waals surface area contributed by atoms with Crippen molar-refractivity contribution < 1.29 is 18.7 Å². The molecule has 1 saturated heterocycles. The quantitative estimate of drug-likeness (QED) is 0.642. The highest BCUT2D eigenvalue weighted by atomic mass is 16.5. The number of aromatic nitrogens is 2. The van der Waals surface area contributed by atoms with Crippen LogP contribution in [-0.2, 0) is 16.1 Å². The average molecular weight is 420 g/mol. The molecule has 0 bridgehead atoms. The van der Waals surface area contributed by atoms with Gasteiger partial charge in [0.15, 0.2) is 6.10 Å². The zero-order valence-corrected chi connectivity index (χ0v) is 17.4. The Hall–Kier alpha value is -3.39. The molecule has 3 heterocycles. The molecule has 0 radical (unpaired) electrons. The van der Waals surface area contributed by atoms with Crippen LogP contribution in [0.25, 0.3) is 11.5 Å². The molecule has 1 unspecified atom stereocenters. The van der Waals surface area contributed by atoms with Crippen LogP contribution in [-0.4, -0.2) is 60.0 Å². The summed E-state index contributed by atoms with van der Waals surface area (Å²) in [5.41, 5.74) is 2.96. The first-order valence-corrected chi connectivity index (χ1v) is 10.4. The van der Waals surface area contributed by atoms with Gasteiger partial charge in [0.05, 0.1) is 32.0 Å². The molecule has 0 aliphatic carbocycles. The summed E-state index contributed by atoms with van der Waals surface area (Å²) in [4.78, 5) is 16.9. The number of aryl methyl sites for hydroxylation is 1. The van der Waals surface area contributed by atoms with Crippen molar-refractivity contribution in [3.05, 3.63) is 60.0 Å². The first kappa shape index (κ1) is 19.6. The van der Waals surface area contributed by atoms with Gasteiger partial charge in [-0.1, -0.05) is 29.8 Å². The van der Waals surface area contributed by atoms with Gasteiger partial charge < -0.3 is 23.7 Å². The summed E-state index contributed by atoms with van der Waals surface area (Å²) in [6.45, 7) is 5.13. The van der Waals surface area contributed by atoms with Crippen molar-refractivity contribution in [3.8, 4) is 17.2 Å². The molecular weight excluding hydrogens is 396 g/mol. The summed E-state index contributed by atoms with van der Waals surface area (Å²) in [6.07, 6.45) is -0.590. The number of fused-ring (bicyclic) bond motifs is 1. The molecule has 1 atom stereocenters. The van der Waals surface area contributed by atoms with Crippen LogP contribution in [0, 0.1) is 6.92 Å². The second-order valence-corrected chi connectivity index (χ2v) is 7.76. The predicted molar refractivity (Wildman–Crippen MR) is 114 cm³/mol. The molecule has 1 amide bonds. The van der Waals surface area contributed by atoms with Gasteiger partial charge in [0, 0.05) is 18.7 Å². The Labute approximate surface area is 180 Å². The van der Waals surface area contributed by atoms with E-state index >= 15 is 0 Å². The fraction of sp³-hybridized carbons (Fsp3) is 0.348. The molecule has 1 aromatic heterocycles. The third kappa shape index (κ3) is 4.11. The van der Waals surface area contributed by atoms with Crippen LogP contribution < -0.4 is 9.64 Å². The zero-order chi connectivity index (χ0) is 21.2. The lowest BCUT2D eigenvalue weighted by molar-refractivity contribution is -0.142. The maximum Gasteiger partial charge on any atom is 0.265 e. The molecule has 160 valence electrons. The van der Waals surface area contributed by atoms with Crippen molar-refractivity contribution in [1.82, 2.24) is 15.1 Å². The molecule has 31 heavy (non-hydrogen) atoms. The minimum absolute atomic E-state index is 0.0197. The van der Waals surface area contributed by atoms with Gasteiger partial charge in [-0.2, -0.15) is 0 Å². The SMILES string of the molecule is Cc1ccc(-c2nnc(CN3CC(C(=O)N4CCOCC4)Oc4ccccc43)o2)cc1. The summed E-state index contributed by atoms with van der Waals surface area (Å²) in [5.74, 6) is 1.63. The lowest BCUT2D eigenvalue weighted by Gasteiger charge is -2.37. The van der Waals surface area contributed by atoms with E-state index in [2.05, 4.69) is 15.1 Å². The number of anilines is 1. The fourth-order valence-electron chi connectivity index (χ4n) is 3.87. The maximum absolute atomic E-state index is 13.0. The normalized spacial score (nSPS) is 18.4. The molecule has 0 N–H and O–H groups in total. The third-order valence-corrected chi connectivity index (χ3v) is 5.55. The Bertz CT molecular complexity index is 1060. The molecule has 8 heteroatoms. The van der Waals surface area contributed by atoms with Crippen molar-refractivity contribution in [3.63, 3.8) is 0 Å². The van der Waals surface area contributed by atoms with Crippen molar-refractivity contribution in [2.24, 2.45) is 0 Å². The van der Waals surface area contributed by atoms with E-state index in [4.69, 9.17) is 13.9 Å². The molecule has 3 aromatic rings. The highest BCUT2D eigenvalue weighted by Gasteiger charge is 2.34. The number of amides is 1. The van der Waals surface area contributed by atoms with Gasteiger partial charge in [-0.05, 0) is 31.2 Å². The van der Waals surface area contributed by atoms with Gasteiger partial charge in [0.2, 0.25) is 11.8 Å². The van der Waals surface area contributed by atoms with Gasteiger partial charge >= 0.3 is 0 Å². The average Bonchev–Trinajstić information content (AvgIpc) is 3.28. The van der Waals surface area contributed by atoms with E-state index in [-0.39, 0.29) is 5.91 Å². The van der Waals surface area contributed by atoms with E-state index in [0.717, 1.165) is 11.3 Å². The first-order chi connectivity index (χ1) is 15.2. The minimum Gasteiger partial charge on any atom is -0.477 e. The molecule has 2 aromatic carbocycles. The van der Waals surface area contributed by atoms with Gasteiger partial charge in [-0.3, -0.25) is 4.79 Å². The Morgan fingerprint density at radius 1 is 1.06 bits per heavy atom. The Morgan fingerprint density at radius 2 is 1.84 bits per heavy atom. The maximum atomic E-state index is 13.0. The molecular formula is C23H24N4O4. The van der Waals surface area contributed by atoms with E-state index in [9.17, 15) is 4.79 Å². The number of morpholine rings is 1. The Balaban J connectivity index is 1.36. The van der Waals surface area contributed by atoms with Crippen LogP contribution in [0.1, 0.15) is 11.5 Å². The predicted octanol–water partition coefficient (Wildman–Crippen LogP) is 2.67. The lowest BCUT2D eigenvalue weighted by Crippen LogP contribution is -2.52. The first-order valence-electron chi connectivity index (χ1n) is 10.4. The summed E-state index contributed by atoms with van der Waals surface area (Å²) in [7, 11) is 0. The Morgan fingerprint density at radius 3 is 2.65 bits per heavy atom. The topological polar surface area (TPSA) is 80.9 Å². The van der Waals surface area contributed by atoms with Gasteiger partial charge in [0.25, 0.3) is 5.91 Å². The minimum atomic E-state index is -0.590. The lowest BCUT2D eigenvalue weighted by atomic mass is 10.1. The largest absolute Gasteiger partial charge is 0.477 e. The van der Waals surface area contributed by atoms with Crippen LogP contribution in [0.15, 0.2) is 52.9 Å². The van der Waals surface area contributed by atoms with Crippen molar-refractivity contribution in [2.75, 3.05) is 37.7 Å². The summed E-state index contributed by atoms with van der Waals surface area (Å²) in [6, 6.07) is 15.7. The van der Waals surface area contributed by atoms with Gasteiger partial charge in [-0.15, -0.1) is 10.2 Å². The zero-order valence-electron chi connectivity index (χ0n) is 17.4. The van der Waals surface area contributed by atoms with Crippen molar-refractivity contribution in [1.29, 1.82) is 0 Å². The number of para-hydroxylation sites is 2. The molecule has 8 nitrogen and oxygen atoms in total. The van der Waals surface area contributed by atoms with E-state index < -0.39 is 6.10 Å². The molecule has 2 aliphatic heterocycles. The number of carbonyl (C=O) groups is 1. The number of rotatable bonds is 4. The smallest absolute Gasteiger partial charge is 0.265 e. The molecule has 0 saturated carbocycles. The van der Waals surface area contributed by atoms with E-state index in [0.29, 0.717) is 56.9 Å². The van der Waals surface area contributed by atoms with Crippen molar-refractivity contribution in [2.45, 2.75) is 19.6 Å². The summed E-state index contributed by atoms with van der Waals surface area (Å²) < 4.78 is 17.3. The second-order valence-electron chi connectivity index (χ2n) is 7.76. The number of hydrogen-bond acceptors (Lipinski definition) is 7. The Kier molecular flexibility index (Phi) is 5.30. The number of ether oxygens (including phenoxy) is 2. The van der Waals surface area contributed by atoms with Crippen LogP contribution in [0.5, 0.6) is 5.75 Å². The molecule has 5 rings (SSSR count). The summed E-state index contributed by atoms with van der Waals surface area (Å²) >= 11 is 0.